The standard InChI is InChI=1S/C16H19NO5S/c1-9-10(2)16(19)22-15-12(9)3-4-14(18)13(15)7-17-11-5-6-23(20,21)8-11/h3-4,11,17-18H,5-8H2,1-2H3/t11-/m0/s1. The minimum Gasteiger partial charge on any atom is -0.507 e. The molecule has 124 valence electrons. The maximum absolute atomic E-state index is 11.9. The summed E-state index contributed by atoms with van der Waals surface area (Å²) in [7, 11) is -2.97. The largest absolute Gasteiger partial charge is 0.507 e. The van der Waals surface area contributed by atoms with Gasteiger partial charge in [-0.2, -0.15) is 0 Å². The third kappa shape index (κ3) is 2.98. The molecule has 7 heteroatoms. The fourth-order valence-corrected chi connectivity index (χ4v) is 4.63. The Kier molecular flexibility index (Phi) is 3.93. The van der Waals surface area contributed by atoms with Crippen LogP contribution in [0.5, 0.6) is 5.75 Å². The van der Waals surface area contributed by atoms with Gasteiger partial charge >= 0.3 is 5.63 Å². The third-order valence-corrected chi connectivity index (χ3v) is 6.27. The van der Waals surface area contributed by atoms with E-state index >= 15 is 0 Å². The van der Waals surface area contributed by atoms with Gasteiger partial charge in [-0.05, 0) is 38.0 Å². The van der Waals surface area contributed by atoms with Crippen LogP contribution in [0, 0.1) is 13.8 Å². The normalized spacial score (nSPS) is 20.2. The molecule has 3 rings (SSSR count). The van der Waals surface area contributed by atoms with E-state index in [-0.39, 0.29) is 29.8 Å². The van der Waals surface area contributed by atoms with Crippen LogP contribution < -0.4 is 10.9 Å². The van der Waals surface area contributed by atoms with Crippen molar-refractivity contribution < 1.29 is 17.9 Å². The Hall–Kier alpha value is -1.86. The van der Waals surface area contributed by atoms with E-state index in [1.807, 2.05) is 6.92 Å². The van der Waals surface area contributed by atoms with E-state index in [1.165, 1.54) is 0 Å². The second-order valence-corrected chi connectivity index (χ2v) is 8.29. The summed E-state index contributed by atoms with van der Waals surface area (Å²) in [5, 5.41) is 14.0. The van der Waals surface area contributed by atoms with Gasteiger partial charge in [0.05, 0.1) is 17.1 Å². The van der Waals surface area contributed by atoms with Crippen molar-refractivity contribution in [2.75, 3.05) is 11.5 Å². The van der Waals surface area contributed by atoms with Crippen LogP contribution >= 0.6 is 0 Å². The van der Waals surface area contributed by atoms with Gasteiger partial charge in [-0.3, -0.25) is 0 Å². The van der Waals surface area contributed by atoms with E-state index < -0.39 is 15.5 Å². The molecule has 0 aliphatic carbocycles. The van der Waals surface area contributed by atoms with Gasteiger partial charge in [0.15, 0.2) is 9.84 Å². The van der Waals surface area contributed by atoms with Gasteiger partial charge in [0, 0.05) is 23.5 Å². The first-order valence-corrected chi connectivity index (χ1v) is 9.29. The van der Waals surface area contributed by atoms with Crippen molar-refractivity contribution in [3.8, 4) is 5.75 Å². The van der Waals surface area contributed by atoms with E-state index in [0.717, 1.165) is 10.9 Å². The lowest BCUT2D eigenvalue weighted by Crippen LogP contribution is -2.29. The lowest BCUT2D eigenvalue weighted by atomic mass is 10.0. The van der Waals surface area contributed by atoms with E-state index in [2.05, 4.69) is 5.32 Å². The number of aryl methyl sites for hydroxylation is 1. The number of phenolic OH excluding ortho intramolecular Hbond substituents is 1. The Morgan fingerprint density at radius 3 is 2.70 bits per heavy atom. The Morgan fingerprint density at radius 1 is 1.30 bits per heavy atom. The molecule has 6 nitrogen and oxygen atoms in total. The molecule has 2 heterocycles. The van der Waals surface area contributed by atoms with Crippen molar-refractivity contribution in [3.05, 3.63) is 39.2 Å². The number of benzene rings is 1. The van der Waals surface area contributed by atoms with Gasteiger partial charge in [-0.15, -0.1) is 0 Å². The molecule has 0 spiro atoms. The highest BCUT2D eigenvalue weighted by molar-refractivity contribution is 7.91. The van der Waals surface area contributed by atoms with Crippen LogP contribution in [-0.2, 0) is 16.4 Å². The lowest BCUT2D eigenvalue weighted by Gasteiger charge is -2.14. The molecular formula is C16H19NO5S. The SMILES string of the molecule is Cc1c(C)c2ccc(O)c(CN[C@H]3CCS(=O)(=O)C3)c2oc1=O. The molecule has 1 aromatic carbocycles. The zero-order chi connectivity index (χ0) is 16.8. The summed E-state index contributed by atoms with van der Waals surface area (Å²) >= 11 is 0. The van der Waals surface area contributed by atoms with Gasteiger partial charge in [-0.25, -0.2) is 13.2 Å². The van der Waals surface area contributed by atoms with Crippen LogP contribution in [0.3, 0.4) is 0 Å². The van der Waals surface area contributed by atoms with Crippen LogP contribution in [0.15, 0.2) is 21.3 Å². The first-order valence-electron chi connectivity index (χ1n) is 7.47. The average Bonchev–Trinajstić information content (AvgIpc) is 2.83. The van der Waals surface area contributed by atoms with Gasteiger partial charge in [0.25, 0.3) is 0 Å². The smallest absolute Gasteiger partial charge is 0.339 e. The predicted molar refractivity (Wildman–Crippen MR) is 87.5 cm³/mol. The molecule has 0 saturated carbocycles. The minimum absolute atomic E-state index is 0.0252. The molecule has 23 heavy (non-hydrogen) atoms. The first kappa shape index (κ1) is 16.0. The van der Waals surface area contributed by atoms with Gasteiger partial charge in [0.2, 0.25) is 0 Å². The molecular weight excluding hydrogens is 318 g/mol. The number of hydrogen-bond donors (Lipinski definition) is 2. The molecule has 0 radical (unpaired) electrons. The maximum Gasteiger partial charge on any atom is 0.339 e. The summed E-state index contributed by atoms with van der Waals surface area (Å²) in [5.74, 6) is 0.303. The minimum atomic E-state index is -2.97. The molecule has 2 N–H and O–H groups in total. The number of phenols is 1. The van der Waals surface area contributed by atoms with E-state index in [9.17, 15) is 18.3 Å². The summed E-state index contributed by atoms with van der Waals surface area (Å²) in [4.78, 5) is 11.9. The van der Waals surface area contributed by atoms with E-state index in [4.69, 9.17) is 4.42 Å². The van der Waals surface area contributed by atoms with Crippen LogP contribution in [-0.4, -0.2) is 31.1 Å². The second-order valence-electron chi connectivity index (χ2n) is 6.06. The summed E-state index contributed by atoms with van der Waals surface area (Å²) in [5.41, 5.74) is 1.77. The summed E-state index contributed by atoms with van der Waals surface area (Å²) in [6, 6.07) is 3.14. The Balaban J connectivity index is 1.97. The quantitative estimate of drug-likeness (QED) is 0.822. The summed E-state index contributed by atoms with van der Waals surface area (Å²) < 4.78 is 28.4. The molecule has 1 aliphatic heterocycles. The van der Waals surface area contributed by atoms with Crippen molar-refractivity contribution in [1.29, 1.82) is 0 Å². The molecule has 0 bridgehead atoms. The first-order chi connectivity index (χ1) is 10.8. The van der Waals surface area contributed by atoms with Crippen LogP contribution in [0.25, 0.3) is 11.0 Å². The van der Waals surface area contributed by atoms with E-state index in [1.54, 1.807) is 19.1 Å². The molecule has 1 aliphatic rings. The van der Waals surface area contributed by atoms with Crippen molar-refractivity contribution >= 4 is 20.8 Å². The fourth-order valence-electron chi connectivity index (χ4n) is 2.93. The van der Waals surface area contributed by atoms with Gasteiger partial charge in [0.1, 0.15) is 11.3 Å². The average molecular weight is 337 g/mol. The van der Waals surface area contributed by atoms with Crippen LogP contribution in [0.2, 0.25) is 0 Å². The van der Waals surface area contributed by atoms with E-state index in [0.29, 0.717) is 23.1 Å². The van der Waals surface area contributed by atoms with Crippen LogP contribution in [0.4, 0.5) is 0 Å². The maximum atomic E-state index is 11.9. The monoisotopic (exact) mass is 337 g/mol. The molecule has 1 fully saturated rings. The number of rotatable bonds is 3. The number of aromatic hydroxyl groups is 1. The Labute approximate surface area is 134 Å². The second kappa shape index (κ2) is 5.65. The molecule has 1 atom stereocenters. The molecule has 0 amide bonds. The molecule has 1 saturated heterocycles. The highest BCUT2D eigenvalue weighted by Gasteiger charge is 2.27. The summed E-state index contributed by atoms with van der Waals surface area (Å²) in [6.45, 7) is 3.79. The molecule has 2 aromatic rings. The van der Waals surface area contributed by atoms with Gasteiger partial charge in [-0.1, -0.05) is 0 Å². The number of sulfone groups is 1. The number of hydrogen-bond acceptors (Lipinski definition) is 6. The predicted octanol–water partition coefficient (Wildman–Crippen LogP) is 1.39. The molecule has 1 aromatic heterocycles. The Morgan fingerprint density at radius 2 is 2.04 bits per heavy atom. The molecule has 0 unspecified atom stereocenters. The van der Waals surface area contributed by atoms with Crippen molar-refractivity contribution in [3.63, 3.8) is 0 Å². The topological polar surface area (TPSA) is 96.6 Å². The van der Waals surface area contributed by atoms with Gasteiger partial charge < -0.3 is 14.8 Å². The zero-order valence-corrected chi connectivity index (χ0v) is 13.9. The summed E-state index contributed by atoms with van der Waals surface area (Å²) in [6.07, 6.45) is 0.552. The zero-order valence-electron chi connectivity index (χ0n) is 13.0. The highest BCUT2D eigenvalue weighted by atomic mass is 32.2. The number of fused-ring (bicyclic) bond motifs is 1. The lowest BCUT2D eigenvalue weighted by molar-refractivity contribution is 0.455. The fraction of sp³-hybridized carbons (Fsp3) is 0.438. The highest BCUT2D eigenvalue weighted by Crippen LogP contribution is 2.29. The number of nitrogens with one attached hydrogen (secondary N) is 1. The Bertz CT molecular complexity index is 930. The van der Waals surface area contributed by atoms with Crippen LogP contribution in [0.1, 0.15) is 23.1 Å². The third-order valence-electron chi connectivity index (χ3n) is 4.50. The van der Waals surface area contributed by atoms with Crippen molar-refractivity contribution in [1.82, 2.24) is 5.32 Å². The van der Waals surface area contributed by atoms with Crippen molar-refractivity contribution in [2.24, 2.45) is 0 Å². The van der Waals surface area contributed by atoms with Crippen molar-refractivity contribution in [2.45, 2.75) is 32.9 Å².